The van der Waals surface area contributed by atoms with Crippen LogP contribution in [0.15, 0.2) is 48.7 Å². The van der Waals surface area contributed by atoms with Crippen molar-refractivity contribution in [3.05, 3.63) is 59.8 Å². The molecule has 2 aromatic rings. The minimum Gasteiger partial charge on any atom is -0.353 e. The number of benzene rings is 1. The molecule has 2 aliphatic rings. The van der Waals surface area contributed by atoms with Crippen LogP contribution in [-0.2, 0) is 6.54 Å². The van der Waals surface area contributed by atoms with Crippen LogP contribution in [0.5, 0.6) is 0 Å². The van der Waals surface area contributed by atoms with E-state index in [4.69, 9.17) is 5.26 Å². The third-order valence-electron chi connectivity index (χ3n) is 5.90. The van der Waals surface area contributed by atoms with Crippen molar-refractivity contribution in [2.24, 2.45) is 5.92 Å². The molecular weight excluding hydrogens is 320 g/mol. The molecule has 0 amide bonds. The summed E-state index contributed by atoms with van der Waals surface area (Å²) in [6.07, 6.45) is 6.75. The first-order chi connectivity index (χ1) is 12.8. The summed E-state index contributed by atoms with van der Waals surface area (Å²) in [5, 5.41) is 8.97. The van der Waals surface area contributed by atoms with Crippen molar-refractivity contribution in [1.82, 2.24) is 9.88 Å². The predicted molar refractivity (Wildman–Crippen MR) is 104 cm³/mol. The van der Waals surface area contributed by atoms with Crippen LogP contribution in [0.1, 0.15) is 36.8 Å². The van der Waals surface area contributed by atoms with Crippen molar-refractivity contribution in [2.45, 2.75) is 38.3 Å². The van der Waals surface area contributed by atoms with Gasteiger partial charge in [-0.25, -0.2) is 4.98 Å². The first-order valence-electron chi connectivity index (χ1n) is 9.72. The van der Waals surface area contributed by atoms with Gasteiger partial charge in [0, 0.05) is 25.3 Å². The van der Waals surface area contributed by atoms with Gasteiger partial charge in [0.15, 0.2) is 0 Å². The molecule has 1 aromatic heterocycles. The lowest BCUT2D eigenvalue weighted by molar-refractivity contribution is 0.162. The van der Waals surface area contributed by atoms with Gasteiger partial charge in [0.05, 0.1) is 5.56 Å². The van der Waals surface area contributed by atoms with Gasteiger partial charge in [-0.15, -0.1) is 0 Å². The van der Waals surface area contributed by atoms with Gasteiger partial charge in [-0.05, 0) is 62.4 Å². The van der Waals surface area contributed by atoms with Crippen molar-refractivity contribution in [3.63, 3.8) is 0 Å². The summed E-state index contributed by atoms with van der Waals surface area (Å²) in [4.78, 5) is 9.61. The number of rotatable bonds is 4. The van der Waals surface area contributed by atoms with Crippen LogP contribution in [0.25, 0.3) is 0 Å². The van der Waals surface area contributed by atoms with Gasteiger partial charge in [0.1, 0.15) is 11.9 Å². The number of likely N-dealkylation sites (tertiary alicyclic amines) is 1. The number of piperidine rings is 1. The molecule has 4 rings (SSSR count). The van der Waals surface area contributed by atoms with E-state index in [2.05, 4.69) is 51.2 Å². The van der Waals surface area contributed by atoms with Crippen LogP contribution in [-0.4, -0.2) is 35.6 Å². The molecule has 1 aromatic carbocycles. The Morgan fingerprint density at radius 3 is 2.50 bits per heavy atom. The number of pyridine rings is 1. The quantitative estimate of drug-likeness (QED) is 0.844. The van der Waals surface area contributed by atoms with Gasteiger partial charge in [-0.1, -0.05) is 30.3 Å². The molecule has 26 heavy (non-hydrogen) atoms. The molecule has 0 radical (unpaired) electrons. The zero-order valence-corrected chi connectivity index (χ0v) is 15.2. The van der Waals surface area contributed by atoms with Crippen LogP contribution in [0.4, 0.5) is 5.82 Å². The van der Waals surface area contributed by atoms with E-state index in [-0.39, 0.29) is 0 Å². The molecule has 4 nitrogen and oxygen atoms in total. The van der Waals surface area contributed by atoms with E-state index >= 15 is 0 Å². The third kappa shape index (κ3) is 3.73. The Hall–Kier alpha value is -2.38. The molecule has 0 aliphatic carbocycles. The molecule has 0 unspecified atom stereocenters. The van der Waals surface area contributed by atoms with Crippen LogP contribution in [0.2, 0.25) is 0 Å². The number of nitriles is 1. The zero-order valence-electron chi connectivity index (χ0n) is 15.2. The molecule has 2 aliphatic heterocycles. The second-order valence-corrected chi connectivity index (χ2v) is 7.52. The van der Waals surface area contributed by atoms with Crippen molar-refractivity contribution in [2.75, 3.05) is 24.5 Å². The monoisotopic (exact) mass is 346 g/mol. The third-order valence-corrected chi connectivity index (χ3v) is 5.90. The number of hydrogen-bond acceptors (Lipinski definition) is 4. The number of anilines is 1. The van der Waals surface area contributed by atoms with Gasteiger partial charge in [-0.2, -0.15) is 5.26 Å². The molecular formula is C22H26N4. The SMILES string of the molecule is N#Cc1ccc(N2CCC[C@H]2C2CCN(Cc3ccccc3)CC2)nc1. The summed E-state index contributed by atoms with van der Waals surface area (Å²) >= 11 is 0. The lowest BCUT2D eigenvalue weighted by Crippen LogP contribution is -2.42. The van der Waals surface area contributed by atoms with Crippen molar-refractivity contribution in [1.29, 1.82) is 5.26 Å². The van der Waals surface area contributed by atoms with Crippen molar-refractivity contribution >= 4 is 5.82 Å². The normalized spacial score (nSPS) is 21.7. The summed E-state index contributed by atoms with van der Waals surface area (Å²) < 4.78 is 0. The van der Waals surface area contributed by atoms with Crippen LogP contribution < -0.4 is 4.90 Å². The summed E-state index contributed by atoms with van der Waals surface area (Å²) in [6, 6.07) is 17.5. The maximum atomic E-state index is 8.97. The summed E-state index contributed by atoms with van der Waals surface area (Å²) in [5.41, 5.74) is 2.05. The fraction of sp³-hybridized carbons (Fsp3) is 0.455. The van der Waals surface area contributed by atoms with E-state index in [9.17, 15) is 0 Å². The van der Waals surface area contributed by atoms with E-state index < -0.39 is 0 Å². The van der Waals surface area contributed by atoms with Gasteiger partial charge in [0.2, 0.25) is 0 Å². The zero-order chi connectivity index (χ0) is 17.8. The molecule has 1 atom stereocenters. The molecule has 0 saturated carbocycles. The van der Waals surface area contributed by atoms with Crippen LogP contribution in [0.3, 0.4) is 0 Å². The van der Waals surface area contributed by atoms with Crippen molar-refractivity contribution in [3.8, 4) is 6.07 Å². The van der Waals surface area contributed by atoms with Crippen LogP contribution in [0, 0.1) is 17.2 Å². The highest BCUT2D eigenvalue weighted by Gasteiger charge is 2.34. The van der Waals surface area contributed by atoms with E-state index in [1.165, 1.54) is 44.3 Å². The maximum Gasteiger partial charge on any atom is 0.128 e. The van der Waals surface area contributed by atoms with Crippen molar-refractivity contribution < 1.29 is 0 Å². The number of hydrogen-bond donors (Lipinski definition) is 0. The number of nitrogens with zero attached hydrogens (tertiary/aromatic N) is 4. The van der Waals surface area contributed by atoms with E-state index in [1.807, 2.05) is 12.1 Å². The Labute approximate surface area is 156 Å². The fourth-order valence-corrected chi connectivity index (χ4v) is 4.53. The predicted octanol–water partition coefficient (Wildman–Crippen LogP) is 3.83. The van der Waals surface area contributed by atoms with Gasteiger partial charge < -0.3 is 4.90 Å². The van der Waals surface area contributed by atoms with E-state index in [1.54, 1.807) is 6.20 Å². The largest absolute Gasteiger partial charge is 0.353 e. The Morgan fingerprint density at radius 1 is 1.00 bits per heavy atom. The molecule has 0 N–H and O–H groups in total. The molecule has 4 heteroatoms. The summed E-state index contributed by atoms with van der Waals surface area (Å²) in [7, 11) is 0. The smallest absolute Gasteiger partial charge is 0.128 e. The highest BCUT2D eigenvalue weighted by atomic mass is 15.2. The minimum atomic E-state index is 0.606. The molecule has 2 saturated heterocycles. The second-order valence-electron chi connectivity index (χ2n) is 7.52. The molecule has 0 bridgehead atoms. The van der Waals surface area contributed by atoms with Gasteiger partial charge in [0.25, 0.3) is 0 Å². The lowest BCUT2D eigenvalue weighted by atomic mass is 9.87. The van der Waals surface area contributed by atoms with E-state index in [0.29, 0.717) is 11.6 Å². The molecule has 3 heterocycles. The maximum absolute atomic E-state index is 8.97. The average molecular weight is 346 g/mol. The highest BCUT2D eigenvalue weighted by molar-refractivity contribution is 5.44. The Bertz CT molecular complexity index is 742. The Kier molecular flexibility index (Phi) is 5.17. The standard InChI is InChI=1S/C22H26N4/c23-15-19-8-9-22(24-16-19)26-12-4-7-21(26)20-10-13-25(14-11-20)17-18-5-2-1-3-6-18/h1-3,5-6,8-9,16,20-21H,4,7,10-14,17H2/t21-/m0/s1. The summed E-state index contributed by atoms with van der Waals surface area (Å²) in [6.45, 7) is 4.53. The lowest BCUT2D eigenvalue weighted by Gasteiger charge is -2.38. The number of aromatic nitrogens is 1. The molecule has 134 valence electrons. The Morgan fingerprint density at radius 2 is 1.81 bits per heavy atom. The minimum absolute atomic E-state index is 0.606. The van der Waals surface area contributed by atoms with Gasteiger partial charge in [-0.3, -0.25) is 4.90 Å². The first kappa shape index (κ1) is 17.1. The highest BCUT2D eigenvalue weighted by Crippen LogP contribution is 2.34. The Balaban J connectivity index is 1.36. The topological polar surface area (TPSA) is 43.2 Å². The first-order valence-corrected chi connectivity index (χ1v) is 9.72. The molecule has 0 spiro atoms. The molecule has 2 fully saturated rings. The fourth-order valence-electron chi connectivity index (χ4n) is 4.53. The summed E-state index contributed by atoms with van der Waals surface area (Å²) in [5.74, 6) is 1.79. The second kappa shape index (κ2) is 7.88. The average Bonchev–Trinajstić information content (AvgIpc) is 3.19. The van der Waals surface area contributed by atoms with Crippen LogP contribution >= 0.6 is 0 Å². The van der Waals surface area contributed by atoms with E-state index in [0.717, 1.165) is 24.8 Å². The van der Waals surface area contributed by atoms with Gasteiger partial charge >= 0.3 is 0 Å².